The minimum Gasteiger partial charge on any atom is -0.370 e. The Hall–Kier alpha value is -4.13. The number of fused-ring (bicyclic) bond motifs is 1. The van der Waals surface area contributed by atoms with Gasteiger partial charge < -0.3 is 10.2 Å². The second kappa shape index (κ2) is 13.7. The summed E-state index contributed by atoms with van der Waals surface area (Å²) in [7, 11) is 1.97. The fourth-order valence-corrected chi connectivity index (χ4v) is 4.89. The van der Waals surface area contributed by atoms with Gasteiger partial charge in [0.25, 0.3) is 0 Å². The molecular weight excluding hydrogens is 534 g/mol. The summed E-state index contributed by atoms with van der Waals surface area (Å²) in [6.45, 7) is 11.5. The minimum absolute atomic E-state index is 0.0243. The molecule has 1 heterocycles. The molecule has 0 radical (unpaired) electrons. The number of hydrogen-bond donors (Lipinski definition) is 1. The van der Waals surface area contributed by atoms with Crippen molar-refractivity contribution in [3.63, 3.8) is 0 Å². The van der Waals surface area contributed by atoms with Crippen molar-refractivity contribution < 1.29 is 23.2 Å². The van der Waals surface area contributed by atoms with E-state index in [0.29, 0.717) is 42.6 Å². The number of benzene rings is 3. The molecule has 42 heavy (non-hydrogen) atoms. The Labute approximate surface area is 247 Å². The fraction of sp³-hybridized carbons (Fsp3) is 0.343. The van der Waals surface area contributed by atoms with Crippen LogP contribution < -0.4 is 10.2 Å². The highest BCUT2D eigenvalue weighted by Crippen LogP contribution is 2.47. The molecule has 1 aliphatic carbocycles. The highest BCUT2D eigenvalue weighted by atomic mass is 19.1. The van der Waals surface area contributed by atoms with Gasteiger partial charge >= 0.3 is 0 Å². The molecule has 222 valence electrons. The van der Waals surface area contributed by atoms with Crippen molar-refractivity contribution in [3.8, 4) is 0 Å². The molecule has 7 heteroatoms. The second-order valence-electron chi connectivity index (χ2n) is 10.7. The quantitative estimate of drug-likeness (QED) is 0.240. The van der Waals surface area contributed by atoms with Crippen LogP contribution in [0.4, 0.5) is 20.2 Å². The Morgan fingerprint density at radius 3 is 2.10 bits per heavy atom. The SMILES string of the molecule is CC.CC(=O)c1cc2c(cc1C)C(Cc1ccc(NC(=O)C3(C(C)=O)CC3)cc1F)=CCN2C.Cc1ccc(F)cc1. The van der Waals surface area contributed by atoms with Gasteiger partial charge in [0.05, 0.1) is 0 Å². The lowest BCUT2D eigenvalue weighted by molar-refractivity contribution is -0.131. The Morgan fingerprint density at radius 2 is 1.57 bits per heavy atom. The molecule has 1 N–H and O–H groups in total. The van der Waals surface area contributed by atoms with E-state index in [0.717, 1.165) is 28.0 Å². The number of carbonyl (C=O) groups excluding carboxylic acids is 3. The Kier molecular flexibility index (Phi) is 10.6. The summed E-state index contributed by atoms with van der Waals surface area (Å²) < 4.78 is 27.0. The zero-order valence-electron chi connectivity index (χ0n) is 25.5. The molecule has 0 bridgehead atoms. The molecule has 0 unspecified atom stereocenters. The highest BCUT2D eigenvalue weighted by Gasteiger charge is 2.54. The van der Waals surface area contributed by atoms with Crippen LogP contribution in [-0.2, 0) is 16.0 Å². The molecule has 1 aliphatic heterocycles. The smallest absolute Gasteiger partial charge is 0.238 e. The molecule has 2 aliphatic rings. The number of nitrogens with zero attached hydrogens (tertiary/aromatic N) is 1. The molecule has 0 spiro atoms. The van der Waals surface area contributed by atoms with Gasteiger partial charge in [-0.1, -0.05) is 43.7 Å². The Morgan fingerprint density at radius 1 is 0.929 bits per heavy atom. The zero-order valence-corrected chi connectivity index (χ0v) is 25.5. The first kappa shape index (κ1) is 32.4. The lowest BCUT2D eigenvalue weighted by Gasteiger charge is -2.29. The second-order valence-corrected chi connectivity index (χ2v) is 10.7. The number of aryl methyl sites for hydroxylation is 2. The van der Waals surface area contributed by atoms with Crippen LogP contribution >= 0.6 is 0 Å². The van der Waals surface area contributed by atoms with Gasteiger partial charge in [0.2, 0.25) is 5.91 Å². The number of halogens is 2. The summed E-state index contributed by atoms with van der Waals surface area (Å²) in [4.78, 5) is 38.2. The van der Waals surface area contributed by atoms with Crippen molar-refractivity contribution >= 4 is 34.4 Å². The number of ketones is 2. The first-order chi connectivity index (χ1) is 19.9. The van der Waals surface area contributed by atoms with E-state index in [1.807, 2.05) is 46.9 Å². The average molecular weight is 575 g/mol. The van der Waals surface area contributed by atoms with E-state index in [9.17, 15) is 23.2 Å². The summed E-state index contributed by atoms with van der Waals surface area (Å²) in [5.74, 6) is -1.06. The van der Waals surface area contributed by atoms with Crippen molar-refractivity contribution in [2.75, 3.05) is 23.8 Å². The first-order valence-electron chi connectivity index (χ1n) is 14.3. The normalized spacial score (nSPS) is 14.2. The van der Waals surface area contributed by atoms with Crippen LogP contribution in [0.1, 0.15) is 73.1 Å². The van der Waals surface area contributed by atoms with Crippen LogP contribution in [0.2, 0.25) is 0 Å². The maximum absolute atomic E-state index is 14.9. The number of anilines is 2. The van der Waals surface area contributed by atoms with Crippen molar-refractivity contribution in [3.05, 3.63) is 100 Å². The maximum Gasteiger partial charge on any atom is 0.238 e. The molecule has 0 atom stereocenters. The van der Waals surface area contributed by atoms with Crippen molar-refractivity contribution in [1.82, 2.24) is 0 Å². The fourth-order valence-electron chi connectivity index (χ4n) is 4.89. The molecule has 0 aromatic heterocycles. The predicted molar refractivity (Wildman–Crippen MR) is 166 cm³/mol. The van der Waals surface area contributed by atoms with E-state index in [-0.39, 0.29) is 23.3 Å². The molecule has 1 saturated carbocycles. The number of hydrogen-bond acceptors (Lipinski definition) is 4. The van der Waals surface area contributed by atoms with Crippen LogP contribution in [0.3, 0.4) is 0 Å². The lowest BCUT2D eigenvalue weighted by Crippen LogP contribution is -2.29. The van der Waals surface area contributed by atoms with Crippen LogP contribution in [0.25, 0.3) is 5.57 Å². The monoisotopic (exact) mass is 574 g/mol. The standard InChI is InChI=1S/C26H27FN2O3.C7H7F.C2H6/c1-15-11-22-18(7-10-29(4)24(22)14-21(15)16(2)30)12-19-5-6-20(13-23(19)27)28-25(32)26(8-9-26)17(3)31;1-6-2-4-7(8)5-3-6;1-2/h5-7,11,13-14H,8-10,12H2,1-4H3,(H,28,32);2-5H,1H3;1-2H3. The van der Waals surface area contributed by atoms with E-state index in [1.165, 1.54) is 25.1 Å². The molecule has 3 aromatic rings. The number of carbonyl (C=O) groups is 3. The van der Waals surface area contributed by atoms with Gasteiger partial charge in [-0.2, -0.15) is 0 Å². The number of likely N-dealkylation sites (N-methyl/N-ethyl adjacent to an activating group) is 1. The van der Waals surface area contributed by atoms with Gasteiger partial charge in [0.15, 0.2) is 5.78 Å². The van der Waals surface area contributed by atoms with Gasteiger partial charge in [-0.15, -0.1) is 0 Å². The Balaban J connectivity index is 0.000000414. The van der Waals surface area contributed by atoms with E-state index in [1.54, 1.807) is 31.2 Å². The number of rotatable bonds is 6. The molecule has 5 nitrogen and oxygen atoms in total. The summed E-state index contributed by atoms with van der Waals surface area (Å²) in [6, 6.07) is 15.0. The van der Waals surface area contributed by atoms with Crippen LogP contribution in [0.15, 0.2) is 60.7 Å². The molecule has 1 fully saturated rings. The van der Waals surface area contributed by atoms with Crippen molar-refractivity contribution in [2.24, 2.45) is 5.41 Å². The third-order valence-electron chi connectivity index (χ3n) is 7.65. The summed E-state index contributed by atoms with van der Waals surface area (Å²) >= 11 is 0. The zero-order chi connectivity index (χ0) is 31.2. The number of allylic oxidation sites excluding steroid dienone is 1. The van der Waals surface area contributed by atoms with Crippen LogP contribution in [0, 0.1) is 30.9 Å². The van der Waals surface area contributed by atoms with E-state index < -0.39 is 11.2 Å². The average Bonchev–Trinajstić information content (AvgIpc) is 3.77. The number of Topliss-reactive ketones (excluding diaryl/α,β-unsaturated/α-hetero) is 2. The summed E-state index contributed by atoms with van der Waals surface area (Å²) in [5.41, 5.74) is 5.57. The number of nitrogens with one attached hydrogen (secondary N) is 1. The van der Waals surface area contributed by atoms with E-state index >= 15 is 0 Å². The first-order valence-corrected chi connectivity index (χ1v) is 14.3. The molecule has 0 saturated heterocycles. The highest BCUT2D eigenvalue weighted by molar-refractivity contribution is 6.13. The van der Waals surface area contributed by atoms with Gasteiger partial charge in [0.1, 0.15) is 22.8 Å². The third kappa shape index (κ3) is 7.38. The topological polar surface area (TPSA) is 66.5 Å². The molecule has 1 amide bonds. The largest absolute Gasteiger partial charge is 0.370 e. The minimum atomic E-state index is -0.936. The van der Waals surface area contributed by atoms with Gasteiger partial charge in [-0.25, -0.2) is 8.78 Å². The van der Waals surface area contributed by atoms with Crippen LogP contribution in [-0.4, -0.2) is 31.1 Å². The van der Waals surface area contributed by atoms with Gasteiger partial charge in [0, 0.05) is 42.5 Å². The van der Waals surface area contributed by atoms with Crippen molar-refractivity contribution in [1.29, 1.82) is 0 Å². The van der Waals surface area contributed by atoms with Crippen LogP contribution in [0.5, 0.6) is 0 Å². The lowest BCUT2D eigenvalue weighted by atomic mass is 9.90. The molecular formula is C35H40F2N2O3. The van der Waals surface area contributed by atoms with E-state index in [4.69, 9.17) is 0 Å². The van der Waals surface area contributed by atoms with Gasteiger partial charge in [-0.05, 0) is 93.6 Å². The predicted octanol–water partition coefficient (Wildman–Crippen LogP) is 7.88. The van der Waals surface area contributed by atoms with E-state index in [2.05, 4.69) is 16.3 Å². The van der Waals surface area contributed by atoms with Gasteiger partial charge in [-0.3, -0.25) is 14.4 Å². The Bertz CT molecular complexity index is 1480. The molecule has 3 aromatic carbocycles. The summed E-state index contributed by atoms with van der Waals surface area (Å²) in [6.07, 6.45) is 3.56. The molecule has 5 rings (SSSR count). The summed E-state index contributed by atoms with van der Waals surface area (Å²) in [5, 5.41) is 2.69. The number of amides is 1. The van der Waals surface area contributed by atoms with Crippen molar-refractivity contribution in [2.45, 2.75) is 60.8 Å². The third-order valence-corrected chi connectivity index (χ3v) is 7.65. The maximum atomic E-state index is 14.9.